The Labute approximate surface area is 194 Å². The van der Waals surface area contributed by atoms with Crippen LogP contribution in [0.4, 0.5) is 0 Å². The minimum absolute atomic E-state index is 0.0361. The molecule has 34 heavy (non-hydrogen) atoms. The molecule has 0 fully saturated rings. The molecule has 0 atom stereocenters. The smallest absolute Gasteiger partial charge is 0.339 e. The van der Waals surface area contributed by atoms with Gasteiger partial charge < -0.3 is 13.6 Å². The molecule has 6 rings (SSSR count). The van der Waals surface area contributed by atoms with Gasteiger partial charge in [0.1, 0.15) is 23.6 Å². The van der Waals surface area contributed by atoms with E-state index < -0.39 is 11.6 Å². The van der Waals surface area contributed by atoms with E-state index in [1.165, 1.54) is 17.2 Å². The zero-order valence-electron chi connectivity index (χ0n) is 18.6. The molecule has 0 saturated heterocycles. The number of ether oxygens (including phenoxy) is 1. The fourth-order valence-corrected chi connectivity index (χ4v) is 4.68. The maximum Gasteiger partial charge on any atom is 0.339 e. The van der Waals surface area contributed by atoms with Gasteiger partial charge in [0.2, 0.25) is 0 Å². The molecule has 6 nitrogen and oxygen atoms in total. The van der Waals surface area contributed by atoms with Gasteiger partial charge in [0.15, 0.2) is 5.76 Å². The van der Waals surface area contributed by atoms with Crippen molar-refractivity contribution < 1.29 is 18.4 Å². The third-order valence-corrected chi connectivity index (χ3v) is 6.33. The van der Waals surface area contributed by atoms with E-state index in [-0.39, 0.29) is 6.61 Å². The van der Waals surface area contributed by atoms with Crippen molar-refractivity contribution in [2.45, 2.75) is 32.8 Å². The molecule has 168 valence electrons. The van der Waals surface area contributed by atoms with Crippen LogP contribution in [0.15, 0.2) is 74.3 Å². The fraction of sp³-hybridized carbons (Fsp3) is 0.179. The number of hydrogen-bond acceptors (Lipinski definition) is 6. The van der Waals surface area contributed by atoms with Crippen LogP contribution >= 0.6 is 0 Å². The van der Waals surface area contributed by atoms with E-state index >= 15 is 0 Å². The largest absolute Gasteiger partial charge is 0.460 e. The number of carbonyl (C=O) groups excluding carboxylic acids is 1. The van der Waals surface area contributed by atoms with Crippen LogP contribution in [0.1, 0.15) is 39.2 Å². The molecule has 1 aliphatic rings. The second kappa shape index (κ2) is 7.99. The van der Waals surface area contributed by atoms with E-state index in [9.17, 15) is 9.59 Å². The third kappa shape index (κ3) is 3.57. The normalized spacial score (nSPS) is 12.9. The number of esters is 1. The second-order valence-corrected chi connectivity index (χ2v) is 8.62. The molecule has 0 bridgehead atoms. The average Bonchev–Trinajstić information content (AvgIpc) is 3.48. The summed E-state index contributed by atoms with van der Waals surface area (Å²) >= 11 is 0. The Morgan fingerprint density at radius 2 is 1.79 bits per heavy atom. The summed E-state index contributed by atoms with van der Waals surface area (Å²) in [6.45, 7) is 1.82. The number of benzene rings is 2. The molecular weight excluding hydrogens is 430 g/mol. The minimum atomic E-state index is -0.495. The zero-order valence-corrected chi connectivity index (χ0v) is 18.6. The molecule has 0 spiro atoms. The molecule has 0 aliphatic heterocycles. The van der Waals surface area contributed by atoms with Crippen molar-refractivity contribution in [2.75, 3.05) is 0 Å². The summed E-state index contributed by atoms with van der Waals surface area (Å²) in [4.78, 5) is 30.1. The first-order chi connectivity index (χ1) is 16.5. The number of fused-ring (bicyclic) bond motifs is 3. The topological polar surface area (TPSA) is 82.5 Å². The van der Waals surface area contributed by atoms with Crippen molar-refractivity contribution in [3.05, 3.63) is 99.1 Å². The lowest BCUT2D eigenvalue weighted by molar-refractivity contribution is 0.0476. The Bertz CT molecular complexity index is 1640. The van der Waals surface area contributed by atoms with Crippen LogP contribution < -0.4 is 5.63 Å². The molecule has 0 radical (unpaired) electrons. The van der Waals surface area contributed by atoms with E-state index in [1.54, 1.807) is 6.07 Å². The number of hydrogen-bond donors (Lipinski definition) is 0. The van der Waals surface area contributed by atoms with E-state index in [4.69, 9.17) is 13.6 Å². The summed E-state index contributed by atoms with van der Waals surface area (Å²) < 4.78 is 16.9. The molecule has 1 aliphatic carbocycles. The molecule has 3 aromatic heterocycles. The highest BCUT2D eigenvalue weighted by molar-refractivity contribution is 6.04. The van der Waals surface area contributed by atoms with Crippen molar-refractivity contribution in [1.82, 2.24) is 4.98 Å². The number of furan rings is 1. The number of aromatic nitrogens is 1. The maximum absolute atomic E-state index is 13.2. The van der Waals surface area contributed by atoms with Gasteiger partial charge in [-0.25, -0.2) is 14.6 Å². The fourth-order valence-electron chi connectivity index (χ4n) is 4.68. The Kier molecular flexibility index (Phi) is 4.80. The van der Waals surface area contributed by atoms with E-state index in [0.717, 1.165) is 30.4 Å². The lowest BCUT2D eigenvalue weighted by atomic mass is 10.0. The number of pyridine rings is 1. The van der Waals surface area contributed by atoms with Gasteiger partial charge in [0, 0.05) is 22.4 Å². The van der Waals surface area contributed by atoms with Crippen LogP contribution in [-0.4, -0.2) is 11.0 Å². The summed E-state index contributed by atoms with van der Waals surface area (Å²) in [6, 6.07) is 18.2. The first-order valence-corrected chi connectivity index (χ1v) is 11.3. The summed E-state index contributed by atoms with van der Waals surface area (Å²) in [5.41, 5.74) is 4.80. The van der Waals surface area contributed by atoms with Crippen molar-refractivity contribution in [2.24, 2.45) is 0 Å². The van der Waals surface area contributed by atoms with Gasteiger partial charge in [-0.1, -0.05) is 18.2 Å². The first kappa shape index (κ1) is 20.4. The van der Waals surface area contributed by atoms with Gasteiger partial charge in [-0.2, -0.15) is 0 Å². The average molecular weight is 451 g/mol. The SMILES string of the molecule is Cc1ccc(-c2cc(C(=O)OCc3cc(=O)oc4cc5c(cc34)CCC5)c3ccccc3n2)o1. The highest BCUT2D eigenvalue weighted by Gasteiger charge is 2.19. The molecule has 0 N–H and O–H groups in total. The second-order valence-electron chi connectivity index (χ2n) is 8.62. The molecule has 0 saturated carbocycles. The standard InChI is InChI=1S/C28H21NO5/c1-16-9-10-25(33-16)24-14-22(20-7-2-3-8-23(20)29-24)28(31)32-15-19-13-27(30)34-26-12-18-6-4-5-17(18)11-21(19)26/h2-3,7-14H,4-6,15H2,1H3. The summed E-state index contributed by atoms with van der Waals surface area (Å²) in [5, 5.41) is 1.49. The van der Waals surface area contributed by atoms with Gasteiger partial charge in [-0.3, -0.25) is 0 Å². The van der Waals surface area contributed by atoms with Crippen LogP contribution in [0.25, 0.3) is 33.3 Å². The van der Waals surface area contributed by atoms with Crippen LogP contribution in [-0.2, 0) is 24.2 Å². The number of carbonyl (C=O) groups is 1. The lowest BCUT2D eigenvalue weighted by Crippen LogP contribution is -2.09. The van der Waals surface area contributed by atoms with Crippen LogP contribution in [0.5, 0.6) is 0 Å². The highest BCUT2D eigenvalue weighted by Crippen LogP contribution is 2.30. The van der Waals surface area contributed by atoms with E-state index in [2.05, 4.69) is 11.1 Å². The number of nitrogens with zero attached hydrogens (tertiary/aromatic N) is 1. The van der Waals surface area contributed by atoms with Gasteiger partial charge in [0.25, 0.3) is 0 Å². The molecule has 6 heteroatoms. The van der Waals surface area contributed by atoms with E-state index in [1.807, 2.05) is 49.4 Å². The molecule has 5 aromatic rings. The van der Waals surface area contributed by atoms with Gasteiger partial charge >= 0.3 is 11.6 Å². The van der Waals surface area contributed by atoms with Crippen molar-refractivity contribution in [3.63, 3.8) is 0 Å². The van der Waals surface area contributed by atoms with Gasteiger partial charge in [-0.15, -0.1) is 0 Å². The number of aryl methyl sites for hydroxylation is 3. The molecule has 0 unspecified atom stereocenters. The summed E-state index contributed by atoms with van der Waals surface area (Å²) in [5.74, 6) is 0.846. The van der Waals surface area contributed by atoms with Gasteiger partial charge in [0.05, 0.1) is 11.1 Å². The monoisotopic (exact) mass is 451 g/mol. The van der Waals surface area contributed by atoms with Crippen LogP contribution in [0.3, 0.4) is 0 Å². The Hall–Kier alpha value is -4.19. The zero-order chi connectivity index (χ0) is 23.2. The molecule has 3 heterocycles. The predicted octanol–water partition coefficient (Wildman–Crippen LogP) is 5.76. The first-order valence-electron chi connectivity index (χ1n) is 11.3. The number of rotatable bonds is 4. The molecular formula is C28H21NO5. The highest BCUT2D eigenvalue weighted by atomic mass is 16.5. The summed E-state index contributed by atoms with van der Waals surface area (Å²) in [6.07, 6.45) is 3.08. The predicted molar refractivity (Wildman–Crippen MR) is 128 cm³/mol. The van der Waals surface area contributed by atoms with E-state index in [0.29, 0.717) is 39.1 Å². The Balaban J connectivity index is 1.37. The van der Waals surface area contributed by atoms with Crippen molar-refractivity contribution in [3.8, 4) is 11.5 Å². The molecule has 2 aromatic carbocycles. The van der Waals surface area contributed by atoms with Crippen LogP contribution in [0, 0.1) is 6.92 Å². The van der Waals surface area contributed by atoms with Crippen molar-refractivity contribution in [1.29, 1.82) is 0 Å². The minimum Gasteiger partial charge on any atom is -0.460 e. The Morgan fingerprint density at radius 1 is 0.971 bits per heavy atom. The van der Waals surface area contributed by atoms with Gasteiger partial charge in [-0.05, 0) is 73.7 Å². The maximum atomic E-state index is 13.2. The number of para-hydroxylation sites is 1. The Morgan fingerprint density at radius 3 is 2.62 bits per heavy atom. The quantitative estimate of drug-likeness (QED) is 0.255. The third-order valence-electron chi connectivity index (χ3n) is 6.33. The summed E-state index contributed by atoms with van der Waals surface area (Å²) in [7, 11) is 0. The molecule has 0 amide bonds. The van der Waals surface area contributed by atoms with Crippen molar-refractivity contribution >= 4 is 27.8 Å². The lowest BCUT2D eigenvalue weighted by Gasteiger charge is -2.11. The van der Waals surface area contributed by atoms with Crippen LogP contribution in [0.2, 0.25) is 0 Å².